The van der Waals surface area contributed by atoms with Gasteiger partial charge in [0.2, 0.25) is 0 Å². The van der Waals surface area contributed by atoms with E-state index in [4.69, 9.17) is 9.84 Å². The Bertz CT molecular complexity index is 115. The van der Waals surface area contributed by atoms with E-state index in [1.54, 1.807) is 6.92 Å². The SMILES string of the molecule is CC(C)COCC(O)CNCC(C)O. The quantitative estimate of drug-likeness (QED) is 0.521. The Balaban J connectivity index is 3.23. The first-order valence-electron chi connectivity index (χ1n) is 5.17. The Kier molecular flexibility index (Phi) is 8.08. The Labute approximate surface area is 86.3 Å². The molecule has 14 heavy (non-hydrogen) atoms. The molecule has 3 N–H and O–H groups in total. The topological polar surface area (TPSA) is 61.7 Å². The molecule has 0 amide bonds. The van der Waals surface area contributed by atoms with Crippen LogP contribution in [0.1, 0.15) is 20.8 Å². The maximum Gasteiger partial charge on any atom is 0.0897 e. The highest BCUT2D eigenvalue weighted by Crippen LogP contribution is 1.93. The zero-order valence-corrected chi connectivity index (χ0v) is 9.36. The maximum absolute atomic E-state index is 9.41. The first-order valence-corrected chi connectivity index (χ1v) is 5.17. The lowest BCUT2D eigenvalue weighted by molar-refractivity contribution is 0.0250. The molecule has 86 valence electrons. The highest BCUT2D eigenvalue weighted by molar-refractivity contribution is 4.60. The molecule has 0 fully saturated rings. The van der Waals surface area contributed by atoms with Crippen molar-refractivity contribution in [1.29, 1.82) is 0 Å². The van der Waals surface area contributed by atoms with Gasteiger partial charge in [0.15, 0.2) is 0 Å². The van der Waals surface area contributed by atoms with Crippen LogP contribution in [0.2, 0.25) is 0 Å². The molecule has 2 atom stereocenters. The smallest absolute Gasteiger partial charge is 0.0897 e. The Morgan fingerprint density at radius 3 is 2.21 bits per heavy atom. The van der Waals surface area contributed by atoms with Crippen molar-refractivity contribution in [2.24, 2.45) is 5.92 Å². The van der Waals surface area contributed by atoms with Gasteiger partial charge in [-0.15, -0.1) is 0 Å². The molecule has 0 bridgehead atoms. The third-order valence-electron chi connectivity index (χ3n) is 1.58. The second-order valence-electron chi connectivity index (χ2n) is 4.09. The van der Waals surface area contributed by atoms with Crippen LogP contribution in [-0.2, 0) is 4.74 Å². The molecule has 0 aliphatic carbocycles. The van der Waals surface area contributed by atoms with E-state index < -0.39 is 6.10 Å². The normalized spacial score (nSPS) is 15.9. The standard InChI is InChI=1S/C10H23NO3/c1-8(2)6-14-7-10(13)5-11-4-9(3)12/h8-13H,4-7H2,1-3H3. The first kappa shape index (κ1) is 13.8. The molecule has 0 rings (SSSR count). The van der Waals surface area contributed by atoms with E-state index in [9.17, 15) is 5.11 Å². The number of rotatable bonds is 8. The first-order chi connectivity index (χ1) is 6.52. The fourth-order valence-corrected chi connectivity index (χ4v) is 0.958. The summed E-state index contributed by atoms with van der Waals surface area (Å²) in [6, 6.07) is 0. The molecule has 0 radical (unpaired) electrons. The summed E-state index contributed by atoms with van der Waals surface area (Å²) in [6.07, 6.45) is -0.869. The van der Waals surface area contributed by atoms with Crippen LogP contribution in [0.15, 0.2) is 0 Å². The average molecular weight is 205 g/mol. The summed E-state index contributed by atoms with van der Waals surface area (Å²) in [5, 5.41) is 21.3. The number of aliphatic hydroxyl groups excluding tert-OH is 2. The zero-order valence-electron chi connectivity index (χ0n) is 9.36. The third-order valence-corrected chi connectivity index (χ3v) is 1.58. The Morgan fingerprint density at radius 2 is 1.71 bits per heavy atom. The van der Waals surface area contributed by atoms with E-state index in [0.29, 0.717) is 32.2 Å². The summed E-state index contributed by atoms with van der Waals surface area (Å²) in [4.78, 5) is 0. The van der Waals surface area contributed by atoms with Gasteiger partial charge in [-0.3, -0.25) is 0 Å². The van der Waals surface area contributed by atoms with Crippen LogP contribution in [0, 0.1) is 5.92 Å². The minimum absolute atomic E-state index is 0.352. The van der Waals surface area contributed by atoms with Crippen LogP contribution in [-0.4, -0.2) is 48.7 Å². The molecule has 2 unspecified atom stereocenters. The minimum atomic E-state index is -0.493. The van der Waals surface area contributed by atoms with Gasteiger partial charge in [0.25, 0.3) is 0 Å². The van der Waals surface area contributed by atoms with Crippen molar-refractivity contribution in [3.8, 4) is 0 Å². The number of nitrogens with one attached hydrogen (secondary N) is 1. The van der Waals surface area contributed by atoms with Crippen LogP contribution < -0.4 is 5.32 Å². The van der Waals surface area contributed by atoms with Gasteiger partial charge in [-0.25, -0.2) is 0 Å². The van der Waals surface area contributed by atoms with Crippen LogP contribution in [0.25, 0.3) is 0 Å². The van der Waals surface area contributed by atoms with E-state index in [-0.39, 0.29) is 6.10 Å². The molecular weight excluding hydrogens is 182 g/mol. The summed E-state index contributed by atoms with van der Waals surface area (Å²) < 4.78 is 5.26. The fourth-order valence-electron chi connectivity index (χ4n) is 0.958. The molecule has 4 heteroatoms. The van der Waals surface area contributed by atoms with E-state index >= 15 is 0 Å². The number of ether oxygens (including phenoxy) is 1. The van der Waals surface area contributed by atoms with Gasteiger partial charge in [-0.1, -0.05) is 13.8 Å². The predicted molar refractivity (Wildman–Crippen MR) is 56.2 cm³/mol. The van der Waals surface area contributed by atoms with Crippen molar-refractivity contribution in [3.05, 3.63) is 0 Å². The van der Waals surface area contributed by atoms with Gasteiger partial charge in [0.1, 0.15) is 0 Å². The number of hydrogen-bond acceptors (Lipinski definition) is 4. The lowest BCUT2D eigenvalue weighted by atomic mass is 10.2. The van der Waals surface area contributed by atoms with Crippen molar-refractivity contribution >= 4 is 0 Å². The predicted octanol–water partition coefficient (Wildman–Crippen LogP) is -0.00970. The van der Waals surface area contributed by atoms with Crippen molar-refractivity contribution in [1.82, 2.24) is 5.32 Å². The Morgan fingerprint density at radius 1 is 1.07 bits per heavy atom. The summed E-state index contributed by atoms with van der Waals surface area (Å²) in [5.41, 5.74) is 0. The fraction of sp³-hybridized carbons (Fsp3) is 1.00. The van der Waals surface area contributed by atoms with Crippen molar-refractivity contribution in [3.63, 3.8) is 0 Å². The summed E-state index contributed by atoms with van der Waals surface area (Å²) in [5.74, 6) is 0.493. The van der Waals surface area contributed by atoms with Crippen LogP contribution in [0.4, 0.5) is 0 Å². The van der Waals surface area contributed by atoms with Crippen LogP contribution in [0.5, 0.6) is 0 Å². The lowest BCUT2D eigenvalue weighted by Gasteiger charge is -2.14. The van der Waals surface area contributed by atoms with E-state index in [2.05, 4.69) is 19.2 Å². The summed E-state index contributed by atoms with van der Waals surface area (Å²) >= 11 is 0. The molecule has 0 aliphatic rings. The highest BCUT2D eigenvalue weighted by Gasteiger charge is 2.04. The maximum atomic E-state index is 9.41. The summed E-state index contributed by atoms with van der Waals surface area (Å²) in [7, 11) is 0. The molecule has 0 saturated heterocycles. The number of aliphatic hydroxyl groups is 2. The zero-order chi connectivity index (χ0) is 11.0. The molecule has 0 saturated carbocycles. The van der Waals surface area contributed by atoms with Gasteiger partial charge >= 0.3 is 0 Å². The third kappa shape index (κ3) is 9.92. The largest absolute Gasteiger partial charge is 0.392 e. The molecule has 0 aromatic carbocycles. The molecule has 0 aliphatic heterocycles. The van der Waals surface area contributed by atoms with Crippen LogP contribution in [0.3, 0.4) is 0 Å². The monoisotopic (exact) mass is 205 g/mol. The van der Waals surface area contributed by atoms with Gasteiger partial charge in [-0.2, -0.15) is 0 Å². The molecule has 0 spiro atoms. The highest BCUT2D eigenvalue weighted by atomic mass is 16.5. The van der Waals surface area contributed by atoms with Crippen molar-refractivity contribution in [2.75, 3.05) is 26.3 Å². The van der Waals surface area contributed by atoms with Gasteiger partial charge in [0.05, 0.1) is 18.8 Å². The van der Waals surface area contributed by atoms with Gasteiger partial charge in [0, 0.05) is 19.7 Å². The molecule has 4 nitrogen and oxygen atoms in total. The van der Waals surface area contributed by atoms with Gasteiger partial charge < -0.3 is 20.3 Å². The summed E-state index contributed by atoms with van der Waals surface area (Å²) in [6.45, 7) is 7.83. The minimum Gasteiger partial charge on any atom is -0.392 e. The van der Waals surface area contributed by atoms with E-state index in [1.165, 1.54) is 0 Å². The second-order valence-corrected chi connectivity index (χ2v) is 4.09. The van der Waals surface area contributed by atoms with Crippen LogP contribution >= 0.6 is 0 Å². The molecule has 0 heterocycles. The van der Waals surface area contributed by atoms with E-state index in [1.807, 2.05) is 0 Å². The Hall–Kier alpha value is -0.160. The molecule has 0 aromatic rings. The number of hydrogen-bond donors (Lipinski definition) is 3. The molecular formula is C10H23NO3. The van der Waals surface area contributed by atoms with Crippen molar-refractivity contribution in [2.45, 2.75) is 33.0 Å². The molecule has 0 aromatic heterocycles. The lowest BCUT2D eigenvalue weighted by Crippen LogP contribution is -2.34. The van der Waals surface area contributed by atoms with Gasteiger partial charge in [-0.05, 0) is 12.8 Å². The average Bonchev–Trinajstić information content (AvgIpc) is 2.02. The van der Waals surface area contributed by atoms with Crippen molar-refractivity contribution < 1.29 is 14.9 Å². The second kappa shape index (κ2) is 8.17. The van der Waals surface area contributed by atoms with E-state index in [0.717, 1.165) is 0 Å².